The van der Waals surface area contributed by atoms with Crippen LogP contribution in [-0.4, -0.2) is 0 Å². The monoisotopic (exact) mass is 301 g/mol. The molecule has 21 heavy (non-hydrogen) atoms. The molecule has 0 aromatic heterocycles. The molecule has 5 N–H and O–H groups in total. The Morgan fingerprint density at radius 2 is 1.71 bits per heavy atom. The number of nitrogens with one attached hydrogen (secondary N) is 1. The van der Waals surface area contributed by atoms with Gasteiger partial charge in [-0.25, -0.2) is 4.39 Å². The van der Waals surface area contributed by atoms with Gasteiger partial charge in [0, 0.05) is 5.69 Å². The average molecular weight is 302 g/mol. The highest BCUT2D eigenvalue weighted by Gasteiger charge is 2.15. The van der Waals surface area contributed by atoms with E-state index in [0.29, 0.717) is 5.69 Å². The average Bonchev–Trinajstić information content (AvgIpc) is 2.49. The molecule has 0 fully saturated rings. The maximum atomic E-state index is 14.1. The minimum atomic E-state index is -0.781. The molecule has 0 spiro atoms. The van der Waals surface area contributed by atoms with Crippen LogP contribution in [0.2, 0.25) is 5.02 Å². The number of nitrogens with zero attached hydrogens (tertiary/aromatic N) is 2. The van der Waals surface area contributed by atoms with Gasteiger partial charge < -0.3 is 16.8 Å². The molecule has 0 saturated carbocycles. The molecule has 104 valence electrons. The Bertz CT molecular complexity index is 804. The second-order valence-corrected chi connectivity index (χ2v) is 4.54. The van der Waals surface area contributed by atoms with Crippen LogP contribution in [0.5, 0.6) is 0 Å². The summed E-state index contributed by atoms with van der Waals surface area (Å²) in [6.07, 6.45) is 0. The van der Waals surface area contributed by atoms with Crippen LogP contribution >= 0.6 is 11.6 Å². The van der Waals surface area contributed by atoms with E-state index in [4.69, 9.17) is 33.6 Å². The fourth-order valence-corrected chi connectivity index (χ4v) is 1.90. The predicted octanol–water partition coefficient (Wildman–Crippen LogP) is 3.13. The normalized spacial score (nSPS) is 9.71. The molecular weight excluding hydrogens is 293 g/mol. The minimum absolute atomic E-state index is 0.0368. The Kier molecular flexibility index (Phi) is 3.84. The van der Waals surface area contributed by atoms with Crippen molar-refractivity contribution in [3.8, 4) is 12.1 Å². The van der Waals surface area contributed by atoms with Gasteiger partial charge in [0.2, 0.25) is 0 Å². The molecule has 0 radical (unpaired) electrons. The van der Waals surface area contributed by atoms with Crippen LogP contribution in [0.15, 0.2) is 24.3 Å². The lowest BCUT2D eigenvalue weighted by molar-refractivity contribution is 0.633. The Morgan fingerprint density at radius 1 is 1.05 bits per heavy atom. The zero-order valence-electron chi connectivity index (χ0n) is 10.6. The van der Waals surface area contributed by atoms with E-state index in [-0.39, 0.29) is 33.2 Å². The van der Waals surface area contributed by atoms with Gasteiger partial charge in [0.15, 0.2) is 5.82 Å². The lowest BCUT2D eigenvalue weighted by Gasteiger charge is -2.13. The van der Waals surface area contributed by atoms with Crippen molar-refractivity contribution < 1.29 is 4.39 Å². The summed E-state index contributed by atoms with van der Waals surface area (Å²) in [7, 11) is 0. The van der Waals surface area contributed by atoms with Crippen LogP contribution in [0.4, 0.5) is 27.1 Å². The molecule has 5 nitrogen and oxygen atoms in total. The zero-order chi connectivity index (χ0) is 15.6. The van der Waals surface area contributed by atoms with Crippen molar-refractivity contribution in [3.05, 3.63) is 46.2 Å². The lowest BCUT2D eigenvalue weighted by atomic mass is 10.1. The van der Waals surface area contributed by atoms with Gasteiger partial charge in [0.1, 0.15) is 17.2 Å². The first-order valence-electron chi connectivity index (χ1n) is 5.72. The smallest absolute Gasteiger partial charge is 0.169 e. The highest BCUT2D eigenvalue weighted by atomic mass is 35.5. The number of benzene rings is 2. The van der Waals surface area contributed by atoms with Crippen LogP contribution in [0.25, 0.3) is 0 Å². The van der Waals surface area contributed by atoms with Gasteiger partial charge in [0.05, 0.1) is 28.2 Å². The molecule has 0 unspecified atom stereocenters. The molecular formula is C14H9ClFN5. The summed E-state index contributed by atoms with van der Waals surface area (Å²) >= 11 is 5.74. The molecule has 0 aliphatic heterocycles. The molecule has 0 aliphatic carbocycles. The van der Waals surface area contributed by atoms with Gasteiger partial charge in [-0.1, -0.05) is 11.6 Å². The van der Waals surface area contributed by atoms with Crippen molar-refractivity contribution in [1.82, 2.24) is 0 Å². The molecule has 2 rings (SSSR count). The molecule has 0 atom stereocenters. The summed E-state index contributed by atoms with van der Waals surface area (Å²) in [6, 6.07) is 9.52. The SMILES string of the molecule is N#Cc1ccc(Nc2c(N)cc(N)c(Cl)c2F)cc1C#N. The van der Waals surface area contributed by atoms with Crippen LogP contribution in [0.3, 0.4) is 0 Å². The molecule has 0 saturated heterocycles. The zero-order valence-corrected chi connectivity index (χ0v) is 11.4. The Morgan fingerprint density at radius 3 is 2.33 bits per heavy atom. The maximum Gasteiger partial charge on any atom is 0.169 e. The van der Waals surface area contributed by atoms with Crippen molar-refractivity contribution in [2.45, 2.75) is 0 Å². The van der Waals surface area contributed by atoms with Crippen molar-refractivity contribution in [1.29, 1.82) is 10.5 Å². The summed E-state index contributed by atoms with van der Waals surface area (Å²) < 4.78 is 14.1. The fourth-order valence-electron chi connectivity index (χ4n) is 1.75. The third kappa shape index (κ3) is 2.66. The summed E-state index contributed by atoms with van der Waals surface area (Å²) in [6.45, 7) is 0. The second kappa shape index (κ2) is 5.58. The number of anilines is 4. The van der Waals surface area contributed by atoms with E-state index in [1.54, 1.807) is 0 Å². The molecule has 0 heterocycles. The molecule has 0 aliphatic rings. The van der Waals surface area contributed by atoms with E-state index >= 15 is 0 Å². The van der Waals surface area contributed by atoms with E-state index in [1.165, 1.54) is 24.3 Å². The van der Waals surface area contributed by atoms with E-state index in [9.17, 15) is 4.39 Å². The number of nitriles is 2. The van der Waals surface area contributed by atoms with Gasteiger partial charge in [0.25, 0.3) is 0 Å². The number of halogens is 2. The van der Waals surface area contributed by atoms with Crippen molar-refractivity contribution >= 4 is 34.4 Å². The first-order chi connectivity index (χ1) is 9.97. The second-order valence-electron chi connectivity index (χ2n) is 4.17. The first kappa shape index (κ1) is 14.4. The van der Waals surface area contributed by atoms with Crippen molar-refractivity contribution in [2.24, 2.45) is 0 Å². The van der Waals surface area contributed by atoms with Gasteiger partial charge in [-0.15, -0.1) is 0 Å². The Labute approximate surface area is 125 Å². The number of hydrogen-bond donors (Lipinski definition) is 3. The maximum absolute atomic E-state index is 14.1. The number of nitrogen functional groups attached to an aromatic ring is 2. The largest absolute Gasteiger partial charge is 0.397 e. The summed E-state index contributed by atoms with van der Waals surface area (Å²) in [5, 5.41) is 20.3. The number of rotatable bonds is 2. The standard InChI is InChI=1S/C14H9ClFN5/c15-12-10(19)4-11(20)14(13(12)16)21-9-2-1-7(5-17)8(3-9)6-18/h1-4,21H,19-20H2. The molecule has 7 heteroatoms. The fraction of sp³-hybridized carbons (Fsp3) is 0. The van der Waals surface area contributed by atoms with Gasteiger partial charge in [-0.05, 0) is 24.3 Å². The van der Waals surface area contributed by atoms with Crippen LogP contribution in [-0.2, 0) is 0 Å². The molecule has 2 aromatic carbocycles. The van der Waals surface area contributed by atoms with E-state index in [1.807, 2.05) is 12.1 Å². The first-order valence-corrected chi connectivity index (χ1v) is 6.10. The summed E-state index contributed by atoms with van der Waals surface area (Å²) in [5.41, 5.74) is 12.1. The number of hydrogen-bond acceptors (Lipinski definition) is 5. The Balaban J connectivity index is 2.47. The van der Waals surface area contributed by atoms with Gasteiger partial charge in [-0.3, -0.25) is 0 Å². The van der Waals surface area contributed by atoms with Crippen molar-refractivity contribution in [3.63, 3.8) is 0 Å². The van der Waals surface area contributed by atoms with Crippen molar-refractivity contribution in [2.75, 3.05) is 16.8 Å². The molecule has 2 aromatic rings. The quantitative estimate of drug-likeness (QED) is 0.738. The van der Waals surface area contributed by atoms with Crippen LogP contribution < -0.4 is 16.8 Å². The number of nitrogens with two attached hydrogens (primary N) is 2. The highest BCUT2D eigenvalue weighted by Crippen LogP contribution is 2.35. The topological polar surface area (TPSA) is 112 Å². The molecule has 0 bridgehead atoms. The third-order valence-electron chi connectivity index (χ3n) is 2.80. The van der Waals surface area contributed by atoms with Gasteiger partial charge in [-0.2, -0.15) is 10.5 Å². The van der Waals surface area contributed by atoms with Crippen LogP contribution in [0, 0.1) is 28.5 Å². The van der Waals surface area contributed by atoms with E-state index in [0.717, 1.165) is 0 Å². The van der Waals surface area contributed by atoms with Crippen LogP contribution in [0.1, 0.15) is 11.1 Å². The summed E-state index contributed by atoms with van der Waals surface area (Å²) in [5.74, 6) is -0.781. The van der Waals surface area contributed by atoms with E-state index < -0.39 is 5.82 Å². The van der Waals surface area contributed by atoms with E-state index in [2.05, 4.69) is 5.32 Å². The van der Waals surface area contributed by atoms with Gasteiger partial charge >= 0.3 is 0 Å². The molecule has 0 amide bonds. The lowest BCUT2D eigenvalue weighted by Crippen LogP contribution is -2.03. The Hall–Kier alpha value is -2.96. The highest BCUT2D eigenvalue weighted by molar-refractivity contribution is 6.33. The summed E-state index contributed by atoms with van der Waals surface area (Å²) in [4.78, 5) is 0. The minimum Gasteiger partial charge on any atom is -0.397 e. The predicted molar refractivity (Wildman–Crippen MR) is 79.4 cm³/mol. The third-order valence-corrected chi connectivity index (χ3v) is 3.18.